The van der Waals surface area contributed by atoms with Crippen molar-refractivity contribution in [2.45, 2.75) is 6.92 Å². The van der Waals surface area contributed by atoms with Crippen molar-refractivity contribution in [3.8, 4) is 11.3 Å². The molecule has 0 radical (unpaired) electrons. The van der Waals surface area contributed by atoms with E-state index >= 15 is 0 Å². The quantitative estimate of drug-likeness (QED) is 0.889. The van der Waals surface area contributed by atoms with Gasteiger partial charge in [-0.1, -0.05) is 33.2 Å². The summed E-state index contributed by atoms with van der Waals surface area (Å²) in [5, 5.41) is 14.8. The Labute approximate surface area is 106 Å². The summed E-state index contributed by atoms with van der Waals surface area (Å²) < 4.78 is 6.02. The normalized spacial score (nSPS) is 10.2. The summed E-state index contributed by atoms with van der Waals surface area (Å²) >= 11 is 3.34. The molecule has 1 aromatic carbocycles. The summed E-state index contributed by atoms with van der Waals surface area (Å²) in [5.74, 6) is 0.409. The summed E-state index contributed by atoms with van der Waals surface area (Å²) in [6, 6.07) is 7.35. The Bertz CT molecular complexity index is 566. The second-order valence-corrected chi connectivity index (χ2v) is 4.33. The van der Waals surface area contributed by atoms with Crippen molar-refractivity contribution in [3.63, 3.8) is 0 Å². The summed E-state index contributed by atoms with van der Waals surface area (Å²) in [5.41, 5.74) is 1.63. The van der Waals surface area contributed by atoms with Crippen molar-refractivity contribution in [3.05, 3.63) is 34.4 Å². The Kier molecular flexibility index (Phi) is 3.14. The van der Waals surface area contributed by atoms with Crippen LogP contribution in [0, 0.1) is 6.92 Å². The Morgan fingerprint density at radius 2 is 2.29 bits per heavy atom. The van der Waals surface area contributed by atoms with E-state index in [1.807, 2.05) is 24.3 Å². The van der Waals surface area contributed by atoms with E-state index in [1.54, 1.807) is 6.92 Å². The molecule has 5 nitrogen and oxygen atoms in total. The van der Waals surface area contributed by atoms with Gasteiger partial charge in [-0.25, -0.2) is 4.79 Å². The standard InChI is InChI=1S/C11H9BrN2O3/c1-6-9(13-11(15)16)10(17-14-6)7-3-2-4-8(12)5-7/h2-5,13H,1H3,(H,15,16). The molecule has 2 N–H and O–H groups in total. The molecule has 1 amide bonds. The highest BCUT2D eigenvalue weighted by molar-refractivity contribution is 9.10. The number of benzene rings is 1. The number of amides is 1. The molecule has 0 saturated heterocycles. The van der Waals surface area contributed by atoms with Crippen molar-refractivity contribution in [2.24, 2.45) is 0 Å². The fourth-order valence-electron chi connectivity index (χ4n) is 1.45. The van der Waals surface area contributed by atoms with E-state index < -0.39 is 6.09 Å². The van der Waals surface area contributed by atoms with E-state index in [-0.39, 0.29) is 0 Å². The first-order valence-corrected chi connectivity index (χ1v) is 5.59. The van der Waals surface area contributed by atoms with Crippen LogP contribution in [0.2, 0.25) is 0 Å². The lowest BCUT2D eigenvalue weighted by atomic mass is 10.1. The van der Waals surface area contributed by atoms with Crippen molar-refractivity contribution < 1.29 is 14.4 Å². The Morgan fingerprint density at radius 3 is 2.94 bits per heavy atom. The number of hydrogen-bond acceptors (Lipinski definition) is 3. The first kappa shape index (κ1) is 11.7. The van der Waals surface area contributed by atoms with E-state index in [1.165, 1.54) is 0 Å². The molecule has 2 rings (SSSR count). The summed E-state index contributed by atoms with van der Waals surface area (Å²) in [6.07, 6.45) is -1.15. The molecular weight excluding hydrogens is 288 g/mol. The molecule has 0 aliphatic heterocycles. The number of hydrogen-bond donors (Lipinski definition) is 2. The maximum atomic E-state index is 10.7. The van der Waals surface area contributed by atoms with Crippen molar-refractivity contribution >= 4 is 27.7 Å². The number of aryl methyl sites for hydroxylation is 1. The van der Waals surface area contributed by atoms with Crippen LogP contribution < -0.4 is 5.32 Å². The van der Waals surface area contributed by atoms with Gasteiger partial charge in [-0.15, -0.1) is 0 Å². The minimum Gasteiger partial charge on any atom is -0.465 e. The molecule has 0 saturated carbocycles. The van der Waals surface area contributed by atoms with Gasteiger partial charge >= 0.3 is 6.09 Å². The molecule has 2 aromatic rings. The number of nitrogens with zero attached hydrogens (tertiary/aromatic N) is 1. The van der Waals surface area contributed by atoms with Crippen LogP contribution in [0.3, 0.4) is 0 Å². The zero-order chi connectivity index (χ0) is 12.4. The first-order valence-electron chi connectivity index (χ1n) is 4.80. The zero-order valence-electron chi connectivity index (χ0n) is 8.90. The average Bonchev–Trinajstić information content (AvgIpc) is 2.60. The molecule has 0 fully saturated rings. The molecule has 1 aromatic heterocycles. The van der Waals surface area contributed by atoms with E-state index in [4.69, 9.17) is 9.63 Å². The first-order chi connectivity index (χ1) is 8.08. The Morgan fingerprint density at radius 1 is 1.53 bits per heavy atom. The fraction of sp³-hybridized carbons (Fsp3) is 0.0909. The van der Waals surface area contributed by atoms with Crippen molar-refractivity contribution in [1.29, 1.82) is 0 Å². The number of anilines is 1. The summed E-state index contributed by atoms with van der Waals surface area (Å²) in [7, 11) is 0. The van der Waals surface area contributed by atoms with E-state index in [0.717, 1.165) is 10.0 Å². The Hall–Kier alpha value is -1.82. The van der Waals surface area contributed by atoms with Gasteiger partial charge in [0.05, 0.1) is 0 Å². The van der Waals surface area contributed by atoms with E-state index in [9.17, 15) is 4.79 Å². The lowest BCUT2D eigenvalue weighted by Gasteiger charge is -2.02. The minimum atomic E-state index is -1.15. The molecule has 0 atom stereocenters. The second kappa shape index (κ2) is 4.58. The van der Waals surface area contributed by atoms with Gasteiger partial charge in [0.2, 0.25) is 0 Å². The predicted molar refractivity (Wildman–Crippen MR) is 66.0 cm³/mol. The number of carboxylic acid groups (broad SMARTS) is 1. The van der Waals surface area contributed by atoms with Gasteiger partial charge in [0.15, 0.2) is 5.76 Å². The summed E-state index contributed by atoms with van der Waals surface area (Å²) in [4.78, 5) is 10.7. The van der Waals surface area contributed by atoms with Crippen molar-refractivity contribution in [2.75, 3.05) is 5.32 Å². The third kappa shape index (κ3) is 2.47. The summed E-state index contributed by atoms with van der Waals surface area (Å²) in [6.45, 7) is 1.68. The highest BCUT2D eigenvalue weighted by atomic mass is 79.9. The molecule has 0 aliphatic rings. The third-order valence-corrected chi connectivity index (χ3v) is 2.67. The van der Waals surface area contributed by atoms with Gasteiger partial charge in [0, 0.05) is 10.0 Å². The molecule has 0 aliphatic carbocycles. The maximum Gasteiger partial charge on any atom is 0.409 e. The molecule has 0 spiro atoms. The monoisotopic (exact) mass is 296 g/mol. The van der Waals surface area contributed by atoms with Crippen LogP contribution in [0.25, 0.3) is 11.3 Å². The van der Waals surface area contributed by atoms with Crippen molar-refractivity contribution in [1.82, 2.24) is 5.16 Å². The van der Waals surface area contributed by atoms with Crippen LogP contribution in [0.15, 0.2) is 33.3 Å². The largest absolute Gasteiger partial charge is 0.465 e. The molecule has 6 heteroatoms. The number of halogens is 1. The van der Waals surface area contributed by atoms with Crippen LogP contribution in [-0.2, 0) is 0 Å². The lowest BCUT2D eigenvalue weighted by molar-refractivity contribution is 0.209. The third-order valence-electron chi connectivity index (χ3n) is 2.18. The van der Waals surface area contributed by atoms with Gasteiger partial charge in [0.1, 0.15) is 11.4 Å². The zero-order valence-corrected chi connectivity index (χ0v) is 10.5. The predicted octanol–water partition coefficient (Wildman–Crippen LogP) is 3.50. The smallest absolute Gasteiger partial charge is 0.409 e. The van der Waals surface area contributed by atoms with Crippen LogP contribution in [0.4, 0.5) is 10.5 Å². The van der Waals surface area contributed by atoms with Crippen LogP contribution in [0.5, 0.6) is 0 Å². The highest BCUT2D eigenvalue weighted by Crippen LogP contribution is 2.32. The topological polar surface area (TPSA) is 75.4 Å². The number of aromatic nitrogens is 1. The van der Waals surface area contributed by atoms with Gasteiger partial charge < -0.3 is 9.63 Å². The average molecular weight is 297 g/mol. The fourth-order valence-corrected chi connectivity index (χ4v) is 1.85. The number of carbonyl (C=O) groups is 1. The molecule has 0 bridgehead atoms. The second-order valence-electron chi connectivity index (χ2n) is 3.41. The number of rotatable bonds is 2. The van der Waals surface area contributed by atoms with Crippen LogP contribution in [0.1, 0.15) is 5.69 Å². The highest BCUT2D eigenvalue weighted by Gasteiger charge is 2.16. The minimum absolute atomic E-state index is 0.371. The molecule has 0 unspecified atom stereocenters. The van der Waals surface area contributed by atoms with Gasteiger partial charge in [-0.3, -0.25) is 5.32 Å². The van der Waals surface area contributed by atoms with Crippen LogP contribution >= 0.6 is 15.9 Å². The van der Waals surface area contributed by atoms with Gasteiger partial charge in [0.25, 0.3) is 0 Å². The van der Waals surface area contributed by atoms with Gasteiger partial charge in [-0.05, 0) is 19.1 Å². The van der Waals surface area contributed by atoms with E-state index in [0.29, 0.717) is 17.1 Å². The SMILES string of the molecule is Cc1noc(-c2cccc(Br)c2)c1NC(=O)O. The molecular formula is C11H9BrN2O3. The Balaban J connectivity index is 2.48. The maximum absolute atomic E-state index is 10.7. The molecule has 1 heterocycles. The van der Waals surface area contributed by atoms with Gasteiger partial charge in [-0.2, -0.15) is 0 Å². The molecule has 88 valence electrons. The number of nitrogens with one attached hydrogen (secondary N) is 1. The molecule has 17 heavy (non-hydrogen) atoms. The van der Waals surface area contributed by atoms with E-state index in [2.05, 4.69) is 26.4 Å². The van der Waals surface area contributed by atoms with Crippen LogP contribution in [-0.4, -0.2) is 16.4 Å². The lowest BCUT2D eigenvalue weighted by Crippen LogP contribution is -2.08.